The lowest BCUT2D eigenvalue weighted by Gasteiger charge is -2.09. The number of carboxylic acids is 1. The SMILES string of the molecule is CC(=O)NCCNC(=O)CO[C@H](C)C(=O)O. The van der Waals surface area contributed by atoms with Gasteiger partial charge in [0, 0.05) is 20.0 Å². The van der Waals surface area contributed by atoms with Gasteiger partial charge in [-0.3, -0.25) is 9.59 Å². The highest BCUT2D eigenvalue weighted by Gasteiger charge is 2.12. The fourth-order valence-electron chi connectivity index (χ4n) is 0.763. The first-order valence-electron chi connectivity index (χ1n) is 4.79. The van der Waals surface area contributed by atoms with Gasteiger partial charge in [0.15, 0.2) is 6.10 Å². The number of amides is 2. The van der Waals surface area contributed by atoms with E-state index in [0.29, 0.717) is 6.54 Å². The number of aliphatic carboxylic acids is 1. The molecule has 2 amide bonds. The molecule has 0 spiro atoms. The quantitative estimate of drug-likeness (QED) is 0.475. The number of carbonyl (C=O) groups excluding carboxylic acids is 2. The minimum absolute atomic E-state index is 0.176. The molecule has 0 aliphatic carbocycles. The van der Waals surface area contributed by atoms with Crippen LogP contribution in [0.1, 0.15) is 13.8 Å². The van der Waals surface area contributed by atoms with Crippen molar-refractivity contribution in [2.24, 2.45) is 0 Å². The van der Waals surface area contributed by atoms with E-state index in [2.05, 4.69) is 10.6 Å². The summed E-state index contributed by atoms with van der Waals surface area (Å²) in [6.45, 7) is 3.01. The lowest BCUT2D eigenvalue weighted by molar-refractivity contribution is -0.150. The molecule has 0 aromatic heterocycles. The molecule has 0 aliphatic heterocycles. The normalized spacial score (nSPS) is 11.6. The van der Waals surface area contributed by atoms with Crippen LogP contribution in [0.15, 0.2) is 0 Å². The van der Waals surface area contributed by atoms with Crippen LogP contribution in [0.3, 0.4) is 0 Å². The summed E-state index contributed by atoms with van der Waals surface area (Å²) in [6.07, 6.45) is -1.01. The molecule has 0 radical (unpaired) electrons. The number of carbonyl (C=O) groups is 3. The Balaban J connectivity index is 3.52. The molecule has 3 N–H and O–H groups in total. The Kier molecular flexibility index (Phi) is 6.86. The highest BCUT2D eigenvalue weighted by Crippen LogP contribution is 1.89. The molecule has 7 nitrogen and oxygen atoms in total. The highest BCUT2D eigenvalue weighted by molar-refractivity contribution is 5.78. The maximum absolute atomic E-state index is 11.1. The maximum atomic E-state index is 11.1. The lowest BCUT2D eigenvalue weighted by atomic mass is 10.4. The van der Waals surface area contributed by atoms with E-state index < -0.39 is 18.0 Å². The molecule has 0 saturated carbocycles. The average Bonchev–Trinajstić information content (AvgIpc) is 2.20. The van der Waals surface area contributed by atoms with Crippen molar-refractivity contribution >= 4 is 17.8 Å². The third-order valence-corrected chi connectivity index (χ3v) is 1.63. The minimum atomic E-state index is -1.12. The molecule has 0 bridgehead atoms. The largest absolute Gasteiger partial charge is 0.479 e. The number of rotatable bonds is 7. The van der Waals surface area contributed by atoms with Crippen molar-refractivity contribution in [3.05, 3.63) is 0 Å². The molecule has 0 aromatic rings. The van der Waals surface area contributed by atoms with E-state index in [4.69, 9.17) is 9.84 Å². The van der Waals surface area contributed by atoms with Crippen LogP contribution in [-0.2, 0) is 19.1 Å². The van der Waals surface area contributed by atoms with Crippen LogP contribution >= 0.6 is 0 Å². The Bertz CT molecular complexity index is 267. The van der Waals surface area contributed by atoms with Crippen LogP contribution in [0, 0.1) is 0 Å². The summed E-state index contributed by atoms with van der Waals surface area (Å²) in [5.41, 5.74) is 0. The van der Waals surface area contributed by atoms with Crippen molar-refractivity contribution in [1.29, 1.82) is 0 Å². The van der Waals surface area contributed by atoms with Crippen molar-refractivity contribution < 1.29 is 24.2 Å². The van der Waals surface area contributed by atoms with Gasteiger partial charge in [-0.15, -0.1) is 0 Å². The van der Waals surface area contributed by atoms with Crippen LogP contribution in [0.4, 0.5) is 0 Å². The molecule has 0 aromatic carbocycles. The molecular weight excluding hydrogens is 216 g/mol. The average molecular weight is 232 g/mol. The zero-order valence-corrected chi connectivity index (χ0v) is 9.28. The van der Waals surface area contributed by atoms with Gasteiger partial charge in [-0.1, -0.05) is 0 Å². The number of carboxylic acid groups (broad SMARTS) is 1. The van der Waals surface area contributed by atoms with Crippen molar-refractivity contribution in [3.63, 3.8) is 0 Å². The molecule has 0 aliphatic rings. The Morgan fingerprint density at radius 1 is 1.25 bits per heavy atom. The van der Waals surface area contributed by atoms with Gasteiger partial charge in [-0.25, -0.2) is 4.79 Å². The van der Waals surface area contributed by atoms with Crippen molar-refractivity contribution in [2.45, 2.75) is 20.0 Å². The molecule has 0 fully saturated rings. The second-order valence-electron chi connectivity index (χ2n) is 3.12. The summed E-state index contributed by atoms with van der Waals surface area (Å²) in [5.74, 6) is -1.71. The summed E-state index contributed by atoms with van der Waals surface area (Å²) >= 11 is 0. The third-order valence-electron chi connectivity index (χ3n) is 1.63. The van der Waals surface area contributed by atoms with Gasteiger partial charge in [-0.05, 0) is 6.92 Å². The van der Waals surface area contributed by atoms with E-state index in [1.807, 2.05) is 0 Å². The van der Waals surface area contributed by atoms with Gasteiger partial charge in [0.05, 0.1) is 0 Å². The van der Waals surface area contributed by atoms with E-state index in [9.17, 15) is 14.4 Å². The minimum Gasteiger partial charge on any atom is -0.479 e. The standard InChI is InChI=1S/C9H16N2O5/c1-6(9(14)15)16-5-8(13)11-4-3-10-7(2)12/h6H,3-5H2,1-2H3,(H,10,12)(H,11,13)(H,14,15)/t6-/m1/s1. The summed E-state index contributed by atoms with van der Waals surface area (Å²) in [4.78, 5) is 31.9. The second kappa shape index (κ2) is 7.63. The van der Waals surface area contributed by atoms with Crippen LogP contribution in [-0.4, -0.2) is 48.7 Å². The first kappa shape index (κ1) is 14.4. The Hall–Kier alpha value is -1.63. The number of nitrogens with one attached hydrogen (secondary N) is 2. The van der Waals surface area contributed by atoms with Crippen LogP contribution in [0.25, 0.3) is 0 Å². The van der Waals surface area contributed by atoms with E-state index in [1.54, 1.807) is 0 Å². The van der Waals surface area contributed by atoms with Gasteiger partial charge in [0.2, 0.25) is 11.8 Å². The molecule has 1 atom stereocenters. The van der Waals surface area contributed by atoms with Crippen molar-refractivity contribution in [3.8, 4) is 0 Å². The topological polar surface area (TPSA) is 105 Å². The fraction of sp³-hybridized carbons (Fsp3) is 0.667. The third kappa shape index (κ3) is 7.74. The Morgan fingerprint density at radius 3 is 2.31 bits per heavy atom. The predicted octanol–water partition coefficient (Wildman–Crippen LogP) is -1.27. The summed E-state index contributed by atoms with van der Waals surface area (Å²) in [7, 11) is 0. The number of hydrogen-bond acceptors (Lipinski definition) is 4. The molecule has 0 heterocycles. The predicted molar refractivity (Wildman–Crippen MR) is 54.7 cm³/mol. The molecule has 0 unspecified atom stereocenters. The first-order chi connectivity index (χ1) is 7.43. The summed E-state index contributed by atoms with van der Waals surface area (Å²) in [6, 6.07) is 0. The van der Waals surface area contributed by atoms with Crippen LogP contribution in [0.5, 0.6) is 0 Å². The zero-order valence-electron chi connectivity index (χ0n) is 9.28. The van der Waals surface area contributed by atoms with Gasteiger partial charge in [0.1, 0.15) is 6.61 Å². The van der Waals surface area contributed by atoms with Gasteiger partial charge >= 0.3 is 5.97 Å². The van der Waals surface area contributed by atoms with E-state index in [1.165, 1.54) is 13.8 Å². The molecule has 92 valence electrons. The van der Waals surface area contributed by atoms with Gasteiger partial charge < -0.3 is 20.5 Å². The van der Waals surface area contributed by atoms with Crippen LogP contribution < -0.4 is 10.6 Å². The lowest BCUT2D eigenvalue weighted by Crippen LogP contribution is -2.36. The second-order valence-corrected chi connectivity index (χ2v) is 3.12. The molecular formula is C9H16N2O5. The fourth-order valence-corrected chi connectivity index (χ4v) is 0.763. The molecule has 16 heavy (non-hydrogen) atoms. The van der Waals surface area contributed by atoms with Gasteiger partial charge in [0.25, 0.3) is 0 Å². The Morgan fingerprint density at radius 2 is 1.81 bits per heavy atom. The van der Waals surface area contributed by atoms with Crippen LogP contribution in [0.2, 0.25) is 0 Å². The maximum Gasteiger partial charge on any atom is 0.332 e. The van der Waals surface area contributed by atoms with Gasteiger partial charge in [-0.2, -0.15) is 0 Å². The Labute approximate surface area is 93.2 Å². The van der Waals surface area contributed by atoms with E-state index >= 15 is 0 Å². The molecule has 0 rings (SSSR count). The van der Waals surface area contributed by atoms with Crippen molar-refractivity contribution in [2.75, 3.05) is 19.7 Å². The van der Waals surface area contributed by atoms with Crippen molar-refractivity contribution in [1.82, 2.24) is 10.6 Å². The molecule has 7 heteroatoms. The summed E-state index contributed by atoms with van der Waals surface area (Å²) in [5, 5.41) is 13.4. The smallest absolute Gasteiger partial charge is 0.332 e. The first-order valence-corrected chi connectivity index (χ1v) is 4.79. The highest BCUT2D eigenvalue weighted by atomic mass is 16.5. The van der Waals surface area contributed by atoms with E-state index in [-0.39, 0.29) is 19.1 Å². The zero-order chi connectivity index (χ0) is 12.6. The number of ether oxygens (including phenoxy) is 1. The van der Waals surface area contributed by atoms with E-state index in [0.717, 1.165) is 0 Å². The monoisotopic (exact) mass is 232 g/mol. The summed E-state index contributed by atoms with van der Waals surface area (Å²) < 4.78 is 4.74. The number of hydrogen-bond donors (Lipinski definition) is 3. The molecule has 0 saturated heterocycles.